The van der Waals surface area contributed by atoms with Gasteiger partial charge in [0.15, 0.2) is 0 Å². The molecule has 0 atom stereocenters. The van der Waals surface area contributed by atoms with Crippen molar-refractivity contribution in [1.29, 1.82) is 0 Å². The van der Waals surface area contributed by atoms with E-state index in [1.807, 2.05) is 6.92 Å². The number of hydrogen-bond acceptors (Lipinski definition) is 8. The molecule has 0 bridgehead atoms. The fraction of sp³-hybridized carbons (Fsp3) is 0.824. The maximum Gasteiger partial charge on any atom is 0.421 e. The molecule has 168 valence electrons. The molecule has 0 saturated heterocycles. The lowest BCUT2D eigenvalue weighted by molar-refractivity contribution is -0.156. The van der Waals surface area contributed by atoms with E-state index < -0.39 is 46.4 Å². The summed E-state index contributed by atoms with van der Waals surface area (Å²) in [5, 5.41) is 0.527. The highest BCUT2D eigenvalue weighted by atomic mass is 32.3. The number of carbonyl (C=O) groups is 3. The summed E-state index contributed by atoms with van der Waals surface area (Å²) in [5.41, 5.74) is 9.26. The first-order chi connectivity index (χ1) is 13.4. The molecule has 0 aromatic carbocycles. The minimum atomic E-state index is -4.67. The molecule has 0 unspecified atom stereocenters. The lowest BCUT2D eigenvalue weighted by Crippen LogP contribution is -2.47. The van der Waals surface area contributed by atoms with Gasteiger partial charge in [-0.2, -0.15) is 13.5 Å². The van der Waals surface area contributed by atoms with Crippen LogP contribution in [0.3, 0.4) is 0 Å². The molecule has 29 heavy (non-hydrogen) atoms. The molecule has 0 heterocycles. The van der Waals surface area contributed by atoms with Crippen molar-refractivity contribution >= 4 is 28.3 Å². The van der Waals surface area contributed by atoms with Gasteiger partial charge in [-0.05, 0) is 46.0 Å². The van der Waals surface area contributed by atoms with Gasteiger partial charge in [0, 0.05) is 5.92 Å². The Balaban J connectivity index is 2.67. The van der Waals surface area contributed by atoms with Gasteiger partial charge >= 0.3 is 22.4 Å². The average molecular weight is 438 g/mol. The third kappa shape index (κ3) is 8.15. The van der Waals surface area contributed by atoms with Crippen LogP contribution in [0.15, 0.2) is 0 Å². The van der Waals surface area contributed by atoms with Gasteiger partial charge in [0.05, 0.1) is 24.7 Å². The first-order valence-electron chi connectivity index (χ1n) is 9.53. The van der Waals surface area contributed by atoms with Crippen molar-refractivity contribution in [3.8, 4) is 0 Å². The average Bonchev–Trinajstić information content (AvgIpc) is 2.65. The fourth-order valence-electron chi connectivity index (χ4n) is 2.78. The standard InChI is InChI=1S/C17H31N3O8S/c1-4-5-10-26-15(22)17(2,3)11-27-29(24,25)28-20(16(19)23)13-8-6-12(7-9-13)14(18)21/h12-13H,4-11H2,1-3H3,(H2,18,21)(H2,19,23)/t12-,13-. The summed E-state index contributed by atoms with van der Waals surface area (Å²) in [6.07, 6.45) is 2.88. The monoisotopic (exact) mass is 437 g/mol. The zero-order valence-corrected chi connectivity index (χ0v) is 17.9. The number of ether oxygens (including phenoxy) is 1. The zero-order valence-electron chi connectivity index (χ0n) is 17.1. The van der Waals surface area contributed by atoms with Gasteiger partial charge in [-0.25, -0.2) is 8.98 Å². The predicted octanol–water partition coefficient (Wildman–Crippen LogP) is 0.974. The summed E-state index contributed by atoms with van der Waals surface area (Å²) in [5.74, 6) is -1.40. The molecule has 1 rings (SSSR count). The lowest BCUT2D eigenvalue weighted by atomic mass is 9.85. The van der Waals surface area contributed by atoms with Crippen molar-refractivity contribution in [2.45, 2.75) is 65.3 Å². The third-order valence-electron chi connectivity index (χ3n) is 4.67. The number of primary amides is 2. The Kier molecular flexibility index (Phi) is 9.30. The molecule has 0 aromatic heterocycles. The Labute approximate surface area is 171 Å². The number of hydrogen-bond donors (Lipinski definition) is 2. The maximum absolute atomic E-state index is 12.2. The smallest absolute Gasteiger partial charge is 0.421 e. The van der Waals surface area contributed by atoms with E-state index in [0.29, 0.717) is 37.2 Å². The van der Waals surface area contributed by atoms with Crippen molar-refractivity contribution < 1.29 is 36.0 Å². The second-order valence-corrected chi connectivity index (χ2v) is 8.89. The van der Waals surface area contributed by atoms with E-state index in [2.05, 4.69) is 0 Å². The molecule has 4 N–H and O–H groups in total. The predicted molar refractivity (Wildman–Crippen MR) is 102 cm³/mol. The number of hydroxylamine groups is 2. The molecule has 0 radical (unpaired) electrons. The van der Waals surface area contributed by atoms with Gasteiger partial charge in [-0.1, -0.05) is 13.3 Å². The molecule has 1 aliphatic carbocycles. The van der Waals surface area contributed by atoms with E-state index in [4.69, 9.17) is 24.7 Å². The Bertz CT molecular complexity index is 687. The van der Waals surface area contributed by atoms with E-state index in [1.54, 1.807) is 0 Å². The number of nitrogens with two attached hydrogens (primary N) is 2. The molecule has 11 nitrogen and oxygen atoms in total. The summed E-state index contributed by atoms with van der Waals surface area (Å²) < 4.78 is 38.9. The lowest BCUT2D eigenvalue weighted by Gasteiger charge is -2.33. The van der Waals surface area contributed by atoms with Crippen LogP contribution >= 0.6 is 0 Å². The van der Waals surface area contributed by atoms with Crippen LogP contribution in [0.1, 0.15) is 59.3 Å². The van der Waals surface area contributed by atoms with Crippen LogP contribution in [0.25, 0.3) is 0 Å². The van der Waals surface area contributed by atoms with Crippen molar-refractivity contribution in [3.05, 3.63) is 0 Å². The largest absolute Gasteiger partial charge is 0.465 e. The molecule has 0 aliphatic heterocycles. The minimum Gasteiger partial charge on any atom is -0.465 e. The Morgan fingerprint density at radius 2 is 1.69 bits per heavy atom. The van der Waals surface area contributed by atoms with Crippen molar-refractivity contribution in [2.24, 2.45) is 22.8 Å². The highest BCUT2D eigenvalue weighted by Gasteiger charge is 2.36. The number of esters is 1. The van der Waals surface area contributed by atoms with Crippen molar-refractivity contribution in [1.82, 2.24) is 5.06 Å². The van der Waals surface area contributed by atoms with Crippen LogP contribution < -0.4 is 11.5 Å². The van der Waals surface area contributed by atoms with Crippen molar-refractivity contribution in [3.63, 3.8) is 0 Å². The van der Waals surface area contributed by atoms with Gasteiger partial charge < -0.3 is 16.2 Å². The molecule has 12 heteroatoms. The van der Waals surface area contributed by atoms with Crippen molar-refractivity contribution in [2.75, 3.05) is 13.2 Å². The summed E-state index contributed by atoms with van der Waals surface area (Å²) in [6.45, 7) is 4.56. The van der Waals surface area contributed by atoms with E-state index >= 15 is 0 Å². The SMILES string of the molecule is CCCCOC(=O)C(C)(C)COS(=O)(=O)ON(C(N)=O)[C@H]1CC[C@H](C(N)=O)CC1. The molecule has 3 amide bonds. The normalized spacial score (nSPS) is 20.1. The first-order valence-corrected chi connectivity index (χ1v) is 10.9. The molecule has 1 saturated carbocycles. The van der Waals surface area contributed by atoms with Gasteiger partial charge in [-0.15, -0.1) is 4.28 Å². The number of amides is 3. The third-order valence-corrected chi connectivity index (χ3v) is 5.42. The van der Waals surface area contributed by atoms with E-state index in [0.717, 1.165) is 6.42 Å². The highest BCUT2D eigenvalue weighted by molar-refractivity contribution is 7.81. The van der Waals surface area contributed by atoms with Crippen LogP contribution in [0.2, 0.25) is 0 Å². The number of carbonyl (C=O) groups excluding carboxylic acids is 3. The quantitative estimate of drug-likeness (QED) is 0.274. The van der Waals surface area contributed by atoms with Crippen LogP contribution in [-0.2, 0) is 33.2 Å². The highest BCUT2D eigenvalue weighted by Crippen LogP contribution is 2.28. The molecule has 0 aromatic rings. The molecule has 0 spiro atoms. The zero-order chi connectivity index (χ0) is 22.2. The first kappa shape index (κ1) is 25.1. The summed E-state index contributed by atoms with van der Waals surface area (Å²) in [7, 11) is -4.67. The maximum atomic E-state index is 12.2. The van der Waals surface area contributed by atoms with Crippen LogP contribution in [0.5, 0.6) is 0 Å². The van der Waals surface area contributed by atoms with Crippen LogP contribution in [0, 0.1) is 11.3 Å². The van der Waals surface area contributed by atoms with E-state index in [1.165, 1.54) is 13.8 Å². The Morgan fingerprint density at radius 3 is 2.17 bits per heavy atom. The molecule has 1 fully saturated rings. The van der Waals surface area contributed by atoms with Gasteiger partial charge in [-0.3, -0.25) is 9.59 Å². The second-order valence-electron chi connectivity index (χ2n) is 7.69. The summed E-state index contributed by atoms with van der Waals surface area (Å²) in [6, 6.07) is -1.76. The topological polar surface area (TPSA) is 168 Å². The van der Waals surface area contributed by atoms with E-state index in [9.17, 15) is 22.8 Å². The summed E-state index contributed by atoms with van der Waals surface area (Å²) >= 11 is 0. The van der Waals surface area contributed by atoms with Gasteiger partial charge in [0.2, 0.25) is 5.91 Å². The van der Waals surface area contributed by atoms with Gasteiger partial charge in [0.25, 0.3) is 0 Å². The van der Waals surface area contributed by atoms with Gasteiger partial charge in [0.1, 0.15) is 0 Å². The number of unbranched alkanes of at least 4 members (excludes halogenated alkanes) is 1. The Morgan fingerprint density at radius 1 is 1.10 bits per heavy atom. The van der Waals surface area contributed by atoms with E-state index in [-0.39, 0.29) is 12.5 Å². The number of urea groups is 1. The molecular formula is C17H31N3O8S. The van der Waals surface area contributed by atoms with Crippen LogP contribution in [-0.4, -0.2) is 50.6 Å². The summed E-state index contributed by atoms with van der Waals surface area (Å²) in [4.78, 5) is 35.0. The Hall–Kier alpha value is -1.92. The number of rotatable bonds is 11. The second kappa shape index (κ2) is 10.7. The minimum absolute atomic E-state index is 0.228. The molecule has 1 aliphatic rings. The van der Waals surface area contributed by atoms with Crippen LogP contribution in [0.4, 0.5) is 4.79 Å². The fourth-order valence-corrected chi connectivity index (χ4v) is 3.65. The molecular weight excluding hydrogens is 406 g/mol. The number of nitrogens with zero attached hydrogens (tertiary/aromatic N) is 1.